The third-order valence-corrected chi connectivity index (χ3v) is 7.18. The summed E-state index contributed by atoms with van der Waals surface area (Å²) in [5, 5.41) is -4.03. The second kappa shape index (κ2) is 10.2. The van der Waals surface area contributed by atoms with Gasteiger partial charge >= 0.3 is 23.3 Å². The zero-order valence-electron chi connectivity index (χ0n) is 18.7. The third kappa shape index (κ3) is 4.82. The maximum Gasteiger partial charge on any atom is 0.460 e. The second-order valence-corrected chi connectivity index (χ2v) is 9.67. The molecule has 0 amide bonds. The van der Waals surface area contributed by atoms with E-state index in [4.69, 9.17) is 0 Å². The molecule has 1 aromatic carbocycles. The normalized spacial score (nSPS) is 20.5. The molecular formula is C22H23F9N2O2S. The van der Waals surface area contributed by atoms with Crippen molar-refractivity contribution in [2.75, 3.05) is 6.54 Å². The van der Waals surface area contributed by atoms with Gasteiger partial charge in [0.15, 0.2) is 0 Å². The number of rotatable bonds is 10. The fraction of sp³-hybridized carbons (Fsp3) is 0.455. The Morgan fingerprint density at radius 3 is 2.06 bits per heavy atom. The summed E-state index contributed by atoms with van der Waals surface area (Å²) in [6, 6.07) is 5.67. The van der Waals surface area contributed by atoms with E-state index >= 15 is 0 Å². The van der Waals surface area contributed by atoms with E-state index < -0.39 is 44.9 Å². The van der Waals surface area contributed by atoms with Gasteiger partial charge in [0.25, 0.3) is 10.0 Å². The smallest absolute Gasteiger partial charge is 0.311 e. The zero-order valence-corrected chi connectivity index (χ0v) is 19.5. The fourth-order valence-electron chi connectivity index (χ4n) is 3.94. The minimum atomic E-state index is -7.37. The van der Waals surface area contributed by atoms with E-state index in [-0.39, 0.29) is 24.1 Å². The molecule has 4 nitrogen and oxygen atoms in total. The lowest BCUT2D eigenvalue weighted by Gasteiger charge is -2.43. The minimum absolute atomic E-state index is 0.0686. The van der Waals surface area contributed by atoms with Crippen molar-refractivity contribution < 1.29 is 47.9 Å². The molecule has 0 aromatic heterocycles. The molecule has 1 aliphatic heterocycles. The molecule has 0 spiro atoms. The number of sulfonamides is 1. The lowest BCUT2D eigenvalue weighted by molar-refractivity contribution is -0.382. The second-order valence-electron chi connectivity index (χ2n) is 7.95. The largest absolute Gasteiger partial charge is 0.460 e. The Hall–Kier alpha value is -2.32. The first kappa shape index (κ1) is 29.9. The van der Waals surface area contributed by atoms with E-state index in [0.29, 0.717) is 6.42 Å². The molecule has 0 saturated carbocycles. The highest BCUT2D eigenvalue weighted by molar-refractivity contribution is 7.90. The Kier molecular flexibility index (Phi) is 8.48. The molecular weight excluding hydrogens is 527 g/mol. The molecule has 2 atom stereocenters. The lowest BCUT2D eigenvalue weighted by atomic mass is 9.76. The molecule has 2 unspecified atom stereocenters. The summed E-state index contributed by atoms with van der Waals surface area (Å²) in [6.45, 7) is 5.18. The molecule has 1 aromatic rings. The summed E-state index contributed by atoms with van der Waals surface area (Å²) >= 11 is 0. The van der Waals surface area contributed by atoms with Crippen molar-refractivity contribution >= 4 is 10.0 Å². The molecule has 1 heterocycles. The van der Waals surface area contributed by atoms with Crippen molar-refractivity contribution in [1.29, 1.82) is 0 Å². The van der Waals surface area contributed by atoms with Crippen molar-refractivity contribution in [2.45, 2.75) is 54.6 Å². The van der Waals surface area contributed by atoms with Crippen molar-refractivity contribution in [1.82, 2.24) is 10.0 Å². The van der Waals surface area contributed by atoms with Crippen LogP contribution in [0.1, 0.15) is 25.3 Å². The summed E-state index contributed by atoms with van der Waals surface area (Å²) < 4.78 is 149. The zero-order chi connectivity index (χ0) is 27.6. The quantitative estimate of drug-likeness (QED) is 0.292. The van der Waals surface area contributed by atoms with Crippen LogP contribution in [0.2, 0.25) is 0 Å². The summed E-state index contributed by atoms with van der Waals surface area (Å²) in [6.07, 6.45) is -1.76. The van der Waals surface area contributed by atoms with Gasteiger partial charge in [-0.1, -0.05) is 61.2 Å². The van der Waals surface area contributed by atoms with E-state index in [9.17, 15) is 47.9 Å². The standard InChI is InChI=1S/C22H23F9N2O2S/c1-3-9-15(10-4-2)18(17-13-8-14-32-17,16-11-6-5-7-12-16)33-36(34,35)22(30,31)20(25,26)19(23,24)21(27,28)29/h3-7,9-12,17,32-33H,1,8,13-14H2,2H3/b10-4-,15-9+. The van der Waals surface area contributed by atoms with Gasteiger partial charge in [0.1, 0.15) is 0 Å². The molecule has 2 rings (SSSR count). The summed E-state index contributed by atoms with van der Waals surface area (Å²) in [5.74, 6) is -14.7. The van der Waals surface area contributed by atoms with E-state index in [1.54, 1.807) is 0 Å². The van der Waals surface area contributed by atoms with Crippen molar-refractivity contribution in [3.63, 3.8) is 0 Å². The van der Waals surface area contributed by atoms with Crippen LogP contribution in [-0.2, 0) is 15.6 Å². The number of benzene rings is 1. The number of hydrogen-bond donors (Lipinski definition) is 2. The number of halogens is 9. The molecule has 1 aliphatic rings. The average Bonchev–Trinajstić information content (AvgIpc) is 3.32. The highest BCUT2D eigenvalue weighted by Crippen LogP contribution is 2.55. The van der Waals surface area contributed by atoms with Crippen LogP contribution in [-0.4, -0.2) is 44.3 Å². The fourth-order valence-corrected chi connectivity index (χ4v) is 5.34. The first-order valence-corrected chi connectivity index (χ1v) is 11.9. The van der Waals surface area contributed by atoms with Crippen molar-refractivity contribution in [3.8, 4) is 0 Å². The van der Waals surface area contributed by atoms with Gasteiger partial charge in [0, 0.05) is 6.04 Å². The van der Waals surface area contributed by atoms with Crippen LogP contribution in [0, 0.1) is 0 Å². The van der Waals surface area contributed by atoms with Gasteiger partial charge in [-0.15, -0.1) is 0 Å². The highest BCUT2D eigenvalue weighted by atomic mass is 32.2. The molecule has 1 fully saturated rings. The van der Waals surface area contributed by atoms with Crippen LogP contribution in [0.15, 0.2) is 66.8 Å². The Balaban J connectivity index is 2.86. The van der Waals surface area contributed by atoms with Crippen molar-refractivity contribution in [3.05, 3.63) is 72.4 Å². The van der Waals surface area contributed by atoms with Crippen LogP contribution in [0.4, 0.5) is 39.5 Å². The van der Waals surface area contributed by atoms with E-state index in [0.717, 1.165) is 6.08 Å². The van der Waals surface area contributed by atoms with Crippen molar-refractivity contribution in [2.24, 2.45) is 0 Å². The molecule has 0 bridgehead atoms. The Morgan fingerprint density at radius 1 is 1.03 bits per heavy atom. The van der Waals surface area contributed by atoms with E-state index in [1.165, 1.54) is 60.2 Å². The van der Waals surface area contributed by atoms with E-state index in [2.05, 4.69) is 11.9 Å². The SMILES string of the molecule is C=C/C=C(\C=C/C)C(NS(=O)(=O)C(F)(F)C(F)(F)C(F)(F)C(F)(F)F)(c1ccccc1)C1CCCN1. The topological polar surface area (TPSA) is 58.2 Å². The van der Waals surface area contributed by atoms with Crippen LogP contribution in [0.5, 0.6) is 0 Å². The first-order valence-electron chi connectivity index (χ1n) is 10.4. The highest BCUT2D eigenvalue weighted by Gasteiger charge is 2.85. The van der Waals surface area contributed by atoms with Gasteiger partial charge in [0.05, 0.1) is 5.54 Å². The molecule has 14 heteroatoms. The molecule has 36 heavy (non-hydrogen) atoms. The molecule has 202 valence electrons. The third-order valence-electron chi connectivity index (χ3n) is 5.66. The summed E-state index contributed by atoms with van der Waals surface area (Å²) in [5.41, 5.74) is -2.51. The number of alkyl halides is 9. The van der Waals surface area contributed by atoms with Crippen LogP contribution >= 0.6 is 0 Å². The van der Waals surface area contributed by atoms with Gasteiger partial charge < -0.3 is 5.32 Å². The molecule has 0 radical (unpaired) electrons. The molecule has 0 aliphatic carbocycles. The Labute approximate surface area is 202 Å². The van der Waals surface area contributed by atoms with Crippen LogP contribution in [0.25, 0.3) is 0 Å². The first-order chi connectivity index (χ1) is 16.4. The van der Waals surface area contributed by atoms with Gasteiger partial charge in [-0.3, -0.25) is 0 Å². The monoisotopic (exact) mass is 550 g/mol. The van der Waals surface area contributed by atoms with Gasteiger partial charge in [-0.05, 0) is 37.4 Å². The predicted molar refractivity (Wildman–Crippen MR) is 115 cm³/mol. The Morgan fingerprint density at radius 2 is 1.61 bits per heavy atom. The van der Waals surface area contributed by atoms with Gasteiger partial charge in [-0.2, -0.15) is 44.2 Å². The predicted octanol–water partition coefficient (Wildman–Crippen LogP) is 5.67. The maximum atomic E-state index is 14.7. The molecule has 2 N–H and O–H groups in total. The maximum absolute atomic E-state index is 14.7. The average molecular weight is 550 g/mol. The number of nitrogens with one attached hydrogen (secondary N) is 2. The molecule has 1 saturated heterocycles. The lowest BCUT2D eigenvalue weighted by Crippen LogP contribution is -2.68. The van der Waals surface area contributed by atoms with Gasteiger partial charge in [0.2, 0.25) is 0 Å². The minimum Gasteiger partial charge on any atom is -0.311 e. The summed E-state index contributed by atoms with van der Waals surface area (Å²) in [7, 11) is -6.95. The van der Waals surface area contributed by atoms with E-state index in [1.807, 2.05) is 0 Å². The van der Waals surface area contributed by atoms with Crippen LogP contribution < -0.4 is 10.0 Å². The number of hydrogen-bond acceptors (Lipinski definition) is 3. The number of allylic oxidation sites excluding steroid dienone is 3. The van der Waals surface area contributed by atoms with Crippen LogP contribution in [0.3, 0.4) is 0 Å². The summed E-state index contributed by atoms with van der Waals surface area (Å²) in [4.78, 5) is 0. The Bertz CT molecular complexity index is 1090. The van der Waals surface area contributed by atoms with Gasteiger partial charge in [-0.25, -0.2) is 8.42 Å².